The van der Waals surface area contributed by atoms with E-state index in [1.807, 2.05) is 25.7 Å². The molecule has 17 heavy (non-hydrogen) atoms. The van der Waals surface area contributed by atoms with Crippen molar-refractivity contribution in [3.63, 3.8) is 0 Å². The summed E-state index contributed by atoms with van der Waals surface area (Å²) in [4.78, 5) is 13.7. The van der Waals surface area contributed by atoms with E-state index in [2.05, 4.69) is 0 Å². The van der Waals surface area contributed by atoms with E-state index in [1.54, 1.807) is 7.11 Å². The molecule has 0 spiro atoms. The average Bonchev–Trinajstić information content (AvgIpc) is 2.24. The van der Waals surface area contributed by atoms with Crippen LogP contribution in [0.25, 0.3) is 0 Å². The van der Waals surface area contributed by atoms with Gasteiger partial charge >= 0.3 is 6.09 Å². The van der Waals surface area contributed by atoms with Crippen LogP contribution in [0, 0.1) is 5.92 Å². The Labute approximate surface area is 104 Å². The SMILES string of the molecule is COCCC1CCCN(C(=O)OC(C)(C)C)C1. The molecule has 0 aliphatic carbocycles. The van der Waals surface area contributed by atoms with E-state index in [9.17, 15) is 4.79 Å². The fourth-order valence-corrected chi connectivity index (χ4v) is 2.08. The number of likely N-dealkylation sites (tertiary alicyclic amines) is 1. The average molecular weight is 243 g/mol. The predicted molar refractivity (Wildman–Crippen MR) is 67.0 cm³/mol. The van der Waals surface area contributed by atoms with Gasteiger partial charge in [-0.05, 0) is 46.0 Å². The number of nitrogens with zero attached hydrogens (tertiary/aromatic N) is 1. The topological polar surface area (TPSA) is 38.8 Å². The fourth-order valence-electron chi connectivity index (χ4n) is 2.08. The summed E-state index contributed by atoms with van der Waals surface area (Å²) in [6, 6.07) is 0. The summed E-state index contributed by atoms with van der Waals surface area (Å²) in [7, 11) is 1.72. The first-order valence-corrected chi connectivity index (χ1v) is 6.39. The lowest BCUT2D eigenvalue weighted by molar-refractivity contribution is 0.0147. The number of amides is 1. The highest BCUT2D eigenvalue weighted by Crippen LogP contribution is 2.21. The maximum atomic E-state index is 11.9. The second-order valence-electron chi connectivity index (χ2n) is 5.72. The summed E-state index contributed by atoms with van der Waals surface area (Å²) in [6.07, 6.45) is 3.09. The lowest BCUT2D eigenvalue weighted by Crippen LogP contribution is -2.43. The quantitative estimate of drug-likeness (QED) is 0.765. The van der Waals surface area contributed by atoms with Crippen molar-refractivity contribution in [2.75, 3.05) is 26.8 Å². The van der Waals surface area contributed by atoms with E-state index < -0.39 is 5.60 Å². The summed E-state index contributed by atoms with van der Waals surface area (Å²) in [5.74, 6) is 0.552. The third kappa shape index (κ3) is 5.39. The second kappa shape index (κ2) is 6.24. The molecule has 1 fully saturated rings. The van der Waals surface area contributed by atoms with Gasteiger partial charge in [-0.1, -0.05) is 0 Å². The molecule has 0 N–H and O–H groups in total. The monoisotopic (exact) mass is 243 g/mol. The van der Waals surface area contributed by atoms with Gasteiger partial charge < -0.3 is 14.4 Å². The Morgan fingerprint density at radius 1 is 1.41 bits per heavy atom. The first kappa shape index (κ1) is 14.3. The number of methoxy groups -OCH3 is 1. The van der Waals surface area contributed by atoms with Gasteiger partial charge in [-0.15, -0.1) is 0 Å². The summed E-state index contributed by atoms with van der Waals surface area (Å²) >= 11 is 0. The molecule has 1 atom stereocenters. The van der Waals surface area contributed by atoms with Crippen LogP contribution >= 0.6 is 0 Å². The highest BCUT2D eigenvalue weighted by Gasteiger charge is 2.27. The molecule has 0 saturated carbocycles. The molecule has 0 radical (unpaired) electrons. The van der Waals surface area contributed by atoms with Gasteiger partial charge in [-0.25, -0.2) is 4.79 Å². The third-order valence-corrected chi connectivity index (χ3v) is 2.90. The number of hydrogen-bond donors (Lipinski definition) is 0. The molecular weight excluding hydrogens is 218 g/mol. The Morgan fingerprint density at radius 3 is 2.71 bits per heavy atom. The van der Waals surface area contributed by atoms with Crippen molar-refractivity contribution in [1.29, 1.82) is 0 Å². The Hall–Kier alpha value is -0.770. The molecule has 1 amide bonds. The largest absolute Gasteiger partial charge is 0.444 e. The molecule has 0 aromatic carbocycles. The second-order valence-corrected chi connectivity index (χ2v) is 5.72. The zero-order valence-corrected chi connectivity index (χ0v) is 11.5. The fraction of sp³-hybridized carbons (Fsp3) is 0.923. The van der Waals surface area contributed by atoms with Gasteiger partial charge in [-0.3, -0.25) is 0 Å². The molecule has 0 aromatic rings. The van der Waals surface area contributed by atoms with E-state index in [0.717, 1.165) is 32.5 Å². The maximum absolute atomic E-state index is 11.9. The van der Waals surface area contributed by atoms with E-state index in [-0.39, 0.29) is 6.09 Å². The minimum atomic E-state index is -0.406. The maximum Gasteiger partial charge on any atom is 0.410 e. The van der Waals surface area contributed by atoms with Crippen molar-refractivity contribution < 1.29 is 14.3 Å². The normalized spacial score (nSPS) is 21.4. The van der Waals surface area contributed by atoms with E-state index in [0.29, 0.717) is 5.92 Å². The van der Waals surface area contributed by atoms with Crippen LogP contribution in [-0.2, 0) is 9.47 Å². The van der Waals surface area contributed by atoms with Gasteiger partial charge in [-0.2, -0.15) is 0 Å². The molecule has 4 heteroatoms. The zero-order chi connectivity index (χ0) is 12.9. The van der Waals surface area contributed by atoms with Crippen molar-refractivity contribution >= 4 is 6.09 Å². The number of carbonyl (C=O) groups is 1. The Morgan fingerprint density at radius 2 is 2.12 bits per heavy atom. The molecule has 0 aromatic heterocycles. The van der Waals surface area contributed by atoms with Gasteiger partial charge in [0.05, 0.1) is 0 Å². The summed E-state index contributed by atoms with van der Waals surface area (Å²) in [5, 5.41) is 0. The lowest BCUT2D eigenvalue weighted by Gasteiger charge is -2.34. The van der Waals surface area contributed by atoms with Crippen LogP contribution in [0.3, 0.4) is 0 Å². The van der Waals surface area contributed by atoms with Crippen molar-refractivity contribution in [2.45, 2.75) is 45.6 Å². The highest BCUT2D eigenvalue weighted by molar-refractivity contribution is 5.68. The Balaban J connectivity index is 2.40. The predicted octanol–water partition coefficient (Wildman–Crippen LogP) is 2.67. The molecule has 0 bridgehead atoms. The number of carbonyl (C=O) groups excluding carboxylic acids is 1. The van der Waals surface area contributed by atoms with Gasteiger partial charge in [0, 0.05) is 26.8 Å². The third-order valence-electron chi connectivity index (χ3n) is 2.90. The molecule has 100 valence electrons. The van der Waals surface area contributed by atoms with Crippen LogP contribution < -0.4 is 0 Å². The first-order chi connectivity index (χ1) is 7.92. The van der Waals surface area contributed by atoms with Gasteiger partial charge in [0.25, 0.3) is 0 Å². The van der Waals surface area contributed by atoms with Crippen LogP contribution in [0.2, 0.25) is 0 Å². The van der Waals surface area contributed by atoms with Crippen LogP contribution in [-0.4, -0.2) is 43.4 Å². The number of ether oxygens (including phenoxy) is 2. The summed E-state index contributed by atoms with van der Waals surface area (Å²) in [5.41, 5.74) is -0.406. The van der Waals surface area contributed by atoms with E-state index >= 15 is 0 Å². The number of rotatable bonds is 3. The van der Waals surface area contributed by atoms with Crippen LogP contribution in [0.15, 0.2) is 0 Å². The minimum Gasteiger partial charge on any atom is -0.444 e. The summed E-state index contributed by atoms with van der Waals surface area (Å²) in [6.45, 7) is 8.09. The molecule has 1 aliphatic heterocycles. The number of piperidine rings is 1. The van der Waals surface area contributed by atoms with Gasteiger partial charge in [0.15, 0.2) is 0 Å². The number of hydrogen-bond acceptors (Lipinski definition) is 3. The Bertz CT molecular complexity index is 248. The standard InChI is InChI=1S/C13H25NO3/c1-13(2,3)17-12(15)14-8-5-6-11(10-14)7-9-16-4/h11H,5-10H2,1-4H3. The first-order valence-electron chi connectivity index (χ1n) is 6.39. The highest BCUT2D eigenvalue weighted by atomic mass is 16.6. The molecule has 1 aliphatic rings. The van der Waals surface area contributed by atoms with Crippen LogP contribution in [0.1, 0.15) is 40.0 Å². The Kier molecular flexibility index (Phi) is 5.25. The van der Waals surface area contributed by atoms with Gasteiger partial charge in [0.2, 0.25) is 0 Å². The van der Waals surface area contributed by atoms with E-state index in [1.165, 1.54) is 6.42 Å². The van der Waals surface area contributed by atoms with Gasteiger partial charge in [0.1, 0.15) is 5.60 Å². The van der Waals surface area contributed by atoms with Crippen molar-refractivity contribution in [2.24, 2.45) is 5.92 Å². The van der Waals surface area contributed by atoms with Crippen molar-refractivity contribution in [3.05, 3.63) is 0 Å². The zero-order valence-electron chi connectivity index (χ0n) is 11.5. The molecule has 4 nitrogen and oxygen atoms in total. The minimum absolute atomic E-state index is 0.181. The molecule has 1 rings (SSSR count). The lowest BCUT2D eigenvalue weighted by atomic mass is 9.95. The van der Waals surface area contributed by atoms with Crippen LogP contribution in [0.5, 0.6) is 0 Å². The van der Waals surface area contributed by atoms with Crippen molar-refractivity contribution in [3.8, 4) is 0 Å². The smallest absolute Gasteiger partial charge is 0.410 e. The molecular formula is C13H25NO3. The van der Waals surface area contributed by atoms with Crippen molar-refractivity contribution in [1.82, 2.24) is 4.90 Å². The molecule has 1 heterocycles. The summed E-state index contributed by atoms with van der Waals surface area (Å²) < 4.78 is 10.5. The molecule has 1 saturated heterocycles. The van der Waals surface area contributed by atoms with Crippen LogP contribution in [0.4, 0.5) is 4.79 Å². The van der Waals surface area contributed by atoms with E-state index in [4.69, 9.17) is 9.47 Å². The molecule has 1 unspecified atom stereocenters.